The van der Waals surface area contributed by atoms with E-state index >= 15 is 0 Å². The molecule has 0 amide bonds. The van der Waals surface area contributed by atoms with Crippen LogP contribution < -0.4 is 11.1 Å². The number of nitrogens with zero attached hydrogens (tertiary/aromatic N) is 2. The van der Waals surface area contributed by atoms with Crippen molar-refractivity contribution < 1.29 is 4.52 Å². The van der Waals surface area contributed by atoms with Crippen molar-refractivity contribution in [2.75, 3.05) is 11.1 Å². The molecule has 0 aromatic carbocycles. The summed E-state index contributed by atoms with van der Waals surface area (Å²) in [5, 5.41) is 6.79. The van der Waals surface area contributed by atoms with E-state index in [-0.39, 0.29) is 0 Å². The highest BCUT2D eigenvalue weighted by atomic mass is 16.5. The highest BCUT2D eigenvalue weighted by Gasteiger charge is 2.05. The van der Waals surface area contributed by atoms with E-state index in [2.05, 4.69) is 15.5 Å². The number of anilines is 3. The van der Waals surface area contributed by atoms with E-state index in [1.807, 2.05) is 19.9 Å². The van der Waals surface area contributed by atoms with E-state index in [4.69, 9.17) is 10.3 Å². The summed E-state index contributed by atoms with van der Waals surface area (Å²) in [4.78, 5) is 4.13. The lowest BCUT2D eigenvalue weighted by Crippen LogP contribution is -2.00. The van der Waals surface area contributed by atoms with E-state index in [0.29, 0.717) is 17.3 Å². The largest absolute Gasteiger partial charge is 0.396 e. The fourth-order valence-corrected chi connectivity index (χ4v) is 1.22. The van der Waals surface area contributed by atoms with Crippen LogP contribution in [0, 0.1) is 13.8 Å². The van der Waals surface area contributed by atoms with Gasteiger partial charge in [-0.3, -0.25) is 0 Å². The Hall–Kier alpha value is -2.04. The molecule has 2 aromatic rings. The topological polar surface area (TPSA) is 77.0 Å². The third-order valence-corrected chi connectivity index (χ3v) is 2.08. The zero-order chi connectivity index (χ0) is 10.8. The molecule has 0 radical (unpaired) electrons. The quantitative estimate of drug-likeness (QED) is 0.782. The predicted molar refractivity (Wildman–Crippen MR) is 57.9 cm³/mol. The summed E-state index contributed by atoms with van der Waals surface area (Å²) in [5.41, 5.74) is 7.46. The van der Waals surface area contributed by atoms with E-state index in [1.165, 1.54) is 0 Å². The second-order valence-electron chi connectivity index (χ2n) is 3.34. The number of hydrogen-bond acceptors (Lipinski definition) is 5. The van der Waals surface area contributed by atoms with Crippen LogP contribution in [0.5, 0.6) is 0 Å². The van der Waals surface area contributed by atoms with Gasteiger partial charge in [0.2, 0.25) is 0 Å². The highest BCUT2D eigenvalue weighted by Crippen LogP contribution is 2.22. The summed E-state index contributed by atoms with van der Waals surface area (Å²) in [7, 11) is 0. The number of nitrogens with two attached hydrogens (primary N) is 1. The van der Waals surface area contributed by atoms with Crippen molar-refractivity contribution in [3.8, 4) is 0 Å². The van der Waals surface area contributed by atoms with Crippen molar-refractivity contribution in [2.24, 2.45) is 0 Å². The van der Waals surface area contributed by atoms with Crippen LogP contribution in [0.15, 0.2) is 22.9 Å². The number of nitrogens with one attached hydrogen (secondary N) is 1. The lowest BCUT2D eigenvalue weighted by atomic mass is 10.2. The Labute approximate surface area is 87.3 Å². The lowest BCUT2D eigenvalue weighted by molar-refractivity contribution is 0.400. The zero-order valence-electron chi connectivity index (χ0n) is 8.61. The SMILES string of the molecule is Cc1cc(Nc2nccc(C)c2N)no1. The molecule has 0 bridgehead atoms. The molecular formula is C10H12N4O. The van der Waals surface area contributed by atoms with Crippen LogP contribution in [0.2, 0.25) is 0 Å². The van der Waals surface area contributed by atoms with Gasteiger partial charge < -0.3 is 15.6 Å². The van der Waals surface area contributed by atoms with Gasteiger partial charge in [-0.25, -0.2) is 4.98 Å². The summed E-state index contributed by atoms with van der Waals surface area (Å²) in [6, 6.07) is 3.64. The van der Waals surface area contributed by atoms with Gasteiger partial charge in [-0.1, -0.05) is 5.16 Å². The molecule has 0 fully saturated rings. The third-order valence-electron chi connectivity index (χ3n) is 2.08. The normalized spacial score (nSPS) is 10.3. The van der Waals surface area contributed by atoms with Gasteiger partial charge in [-0.15, -0.1) is 0 Å². The molecule has 5 heteroatoms. The minimum Gasteiger partial charge on any atom is -0.396 e. The maximum atomic E-state index is 5.85. The first-order chi connectivity index (χ1) is 7.16. The second-order valence-corrected chi connectivity index (χ2v) is 3.34. The minimum absolute atomic E-state index is 0.600. The van der Waals surface area contributed by atoms with Crippen molar-refractivity contribution in [3.63, 3.8) is 0 Å². The Kier molecular flexibility index (Phi) is 2.29. The molecular weight excluding hydrogens is 192 g/mol. The summed E-state index contributed by atoms with van der Waals surface area (Å²) >= 11 is 0. The Morgan fingerprint density at radius 1 is 1.40 bits per heavy atom. The Balaban J connectivity index is 2.28. The molecule has 0 aliphatic heterocycles. The van der Waals surface area contributed by atoms with Crippen LogP contribution in [0.25, 0.3) is 0 Å². The van der Waals surface area contributed by atoms with Crippen LogP contribution in [0.4, 0.5) is 17.3 Å². The minimum atomic E-state index is 0.600. The van der Waals surface area contributed by atoms with Crippen molar-refractivity contribution in [3.05, 3.63) is 29.7 Å². The zero-order valence-corrected chi connectivity index (χ0v) is 8.61. The van der Waals surface area contributed by atoms with Gasteiger partial charge in [0.25, 0.3) is 0 Å². The first-order valence-electron chi connectivity index (χ1n) is 4.58. The Bertz CT molecular complexity index is 478. The summed E-state index contributed by atoms with van der Waals surface area (Å²) in [6.45, 7) is 3.75. The van der Waals surface area contributed by atoms with Gasteiger partial charge in [-0.05, 0) is 25.5 Å². The number of rotatable bonds is 2. The average molecular weight is 204 g/mol. The van der Waals surface area contributed by atoms with Gasteiger partial charge in [0.05, 0.1) is 5.69 Å². The Morgan fingerprint density at radius 2 is 2.20 bits per heavy atom. The third kappa shape index (κ3) is 1.90. The molecule has 0 spiro atoms. The number of aryl methyl sites for hydroxylation is 2. The molecule has 2 heterocycles. The number of nitrogen functional groups attached to an aromatic ring is 1. The van der Waals surface area contributed by atoms with Crippen molar-refractivity contribution in [1.29, 1.82) is 0 Å². The van der Waals surface area contributed by atoms with Gasteiger partial charge in [0, 0.05) is 12.3 Å². The Morgan fingerprint density at radius 3 is 2.87 bits per heavy atom. The van der Waals surface area contributed by atoms with Gasteiger partial charge in [0.1, 0.15) is 5.76 Å². The standard InChI is InChI=1S/C10H12N4O/c1-6-3-4-12-10(9(6)11)13-8-5-7(2)15-14-8/h3-5H,11H2,1-2H3,(H,12,13,14). The maximum absolute atomic E-state index is 5.85. The average Bonchev–Trinajstić information content (AvgIpc) is 2.59. The number of aromatic nitrogens is 2. The van der Waals surface area contributed by atoms with Crippen LogP contribution in [0.1, 0.15) is 11.3 Å². The molecule has 0 aliphatic rings. The first kappa shape index (κ1) is 9.51. The monoisotopic (exact) mass is 204 g/mol. The van der Waals surface area contributed by atoms with E-state index < -0.39 is 0 Å². The summed E-state index contributed by atoms with van der Waals surface area (Å²) in [5.74, 6) is 1.95. The predicted octanol–water partition coefficient (Wildman–Crippen LogP) is 2.01. The van der Waals surface area contributed by atoms with Gasteiger partial charge in [-0.2, -0.15) is 0 Å². The van der Waals surface area contributed by atoms with Gasteiger partial charge in [0.15, 0.2) is 11.6 Å². The number of pyridine rings is 1. The van der Waals surface area contributed by atoms with Crippen LogP contribution in [-0.4, -0.2) is 10.1 Å². The summed E-state index contributed by atoms with van der Waals surface area (Å²) < 4.78 is 4.93. The van der Waals surface area contributed by atoms with Crippen molar-refractivity contribution >= 4 is 17.3 Å². The molecule has 0 atom stereocenters. The molecule has 5 nitrogen and oxygen atoms in total. The van der Waals surface area contributed by atoms with E-state index in [1.54, 1.807) is 12.3 Å². The maximum Gasteiger partial charge on any atom is 0.175 e. The molecule has 0 unspecified atom stereocenters. The van der Waals surface area contributed by atoms with E-state index in [9.17, 15) is 0 Å². The smallest absolute Gasteiger partial charge is 0.175 e. The molecule has 78 valence electrons. The molecule has 0 saturated carbocycles. The fraction of sp³-hybridized carbons (Fsp3) is 0.200. The molecule has 3 N–H and O–H groups in total. The van der Waals surface area contributed by atoms with E-state index in [0.717, 1.165) is 11.3 Å². The van der Waals surface area contributed by atoms with Crippen LogP contribution >= 0.6 is 0 Å². The van der Waals surface area contributed by atoms with Crippen LogP contribution in [-0.2, 0) is 0 Å². The summed E-state index contributed by atoms with van der Waals surface area (Å²) in [6.07, 6.45) is 1.70. The second kappa shape index (κ2) is 3.61. The highest BCUT2D eigenvalue weighted by molar-refractivity contribution is 5.69. The molecule has 2 aromatic heterocycles. The molecule has 0 saturated heterocycles. The van der Waals surface area contributed by atoms with Crippen molar-refractivity contribution in [1.82, 2.24) is 10.1 Å². The lowest BCUT2D eigenvalue weighted by Gasteiger charge is -2.06. The number of hydrogen-bond donors (Lipinski definition) is 2. The van der Waals surface area contributed by atoms with Gasteiger partial charge >= 0.3 is 0 Å². The molecule has 2 rings (SSSR count). The van der Waals surface area contributed by atoms with Crippen molar-refractivity contribution in [2.45, 2.75) is 13.8 Å². The molecule has 0 aliphatic carbocycles. The first-order valence-corrected chi connectivity index (χ1v) is 4.58. The van der Waals surface area contributed by atoms with Crippen LogP contribution in [0.3, 0.4) is 0 Å². The fourth-order valence-electron chi connectivity index (χ4n) is 1.22. The molecule has 15 heavy (non-hydrogen) atoms.